The number of hydrogen-bond donors (Lipinski definition) is 0. The fourth-order valence-corrected chi connectivity index (χ4v) is 4.85. The molecule has 2 aromatic heterocycles. The van der Waals surface area contributed by atoms with Crippen LogP contribution in [0.25, 0.3) is 10.9 Å². The van der Waals surface area contributed by atoms with E-state index >= 15 is 0 Å². The summed E-state index contributed by atoms with van der Waals surface area (Å²) in [4.78, 5) is 23.0. The van der Waals surface area contributed by atoms with Gasteiger partial charge in [0.15, 0.2) is 0 Å². The second-order valence-corrected chi connectivity index (χ2v) is 9.48. The van der Waals surface area contributed by atoms with Crippen molar-refractivity contribution < 1.29 is 14.3 Å². The Morgan fingerprint density at radius 1 is 1.18 bits per heavy atom. The van der Waals surface area contributed by atoms with Gasteiger partial charge >= 0.3 is 0 Å². The van der Waals surface area contributed by atoms with E-state index in [1.54, 1.807) is 16.8 Å². The fourth-order valence-electron chi connectivity index (χ4n) is 4.85. The Morgan fingerprint density at radius 2 is 2.00 bits per heavy atom. The first kappa shape index (κ1) is 22.6. The van der Waals surface area contributed by atoms with Crippen molar-refractivity contribution >= 4 is 16.6 Å². The van der Waals surface area contributed by atoms with Gasteiger partial charge in [0.25, 0.3) is 5.56 Å². The molecule has 2 aliphatic heterocycles. The molecule has 1 fully saturated rings. The largest absolute Gasteiger partial charge is 0.493 e. The lowest BCUT2D eigenvalue weighted by molar-refractivity contribution is 0.0485. The van der Waals surface area contributed by atoms with E-state index in [-0.39, 0.29) is 11.7 Å². The molecule has 2 aliphatic rings. The van der Waals surface area contributed by atoms with Crippen LogP contribution in [0, 0.1) is 5.92 Å². The second-order valence-electron chi connectivity index (χ2n) is 9.48. The van der Waals surface area contributed by atoms with Crippen molar-refractivity contribution in [3.8, 4) is 5.75 Å². The van der Waals surface area contributed by atoms with Crippen LogP contribution in [0.5, 0.6) is 5.75 Å². The third-order valence-corrected chi connectivity index (χ3v) is 7.42. The molecular formula is C27H31N3O4. The van der Waals surface area contributed by atoms with Crippen molar-refractivity contribution in [3.63, 3.8) is 0 Å². The zero-order valence-electron chi connectivity index (χ0n) is 20.0. The number of rotatable bonds is 6. The summed E-state index contributed by atoms with van der Waals surface area (Å²) >= 11 is 0. The number of oxime groups is 1. The summed E-state index contributed by atoms with van der Waals surface area (Å²) in [5, 5.41) is 5.26. The monoisotopic (exact) mass is 461 g/mol. The molecule has 4 heterocycles. The van der Waals surface area contributed by atoms with E-state index < -0.39 is 5.41 Å². The Kier molecular flexibility index (Phi) is 6.13. The second kappa shape index (κ2) is 9.22. The first-order chi connectivity index (χ1) is 16.5. The average molecular weight is 462 g/mol. The number of aromatic nitrogens is 2. The van der Waals surface area contributed by atoms with E-state index in [4.69, 9.17) is 14.3 Å². The van der Waals surface area contributed by atoms with E-state index in [2.05, 4.69) is 23.1 Å². The van der Waals surface area contributed by atoms with Crippen LogP contribution in [-0.2, 0) is 21.5 Å². The predicted octanol–water partition coefficient (Wildman–Crippen LogP) is 4.30. The highest BCUT2D eigenvalue weighted by Gasteiger charge is 2.45. The molecule has 0 radical (unpaired) electrons. The molecule has 1 saturated heterocycles. The number of hydrogen-bond acceptors (Lipinski definition) is 6. The molecule has 178 valence electrons. The normalized spacial score (nSPS) is 23.0. The molecule has 34 heavy (non-hydrogen) atoms. The molecule has 0 saturated carbocycles. The maximum absolute atomic E-state index is 12.9. The first-order valence-electron chi connectivity index (χ1n) is 12.0. The van der Waals surface area contributed by atoms with Crippen LogP contribution in [0.3, 0.4) is 0 Å². The molecule has 0 amide bonds. The van der Waals surface area contributed by atoms with E-state index in [1.165, 1.54) is 0 Å². The third-order valence-electron chi connectivity index (χ3n) is 7.42. The van der Waals surface area contributed by atoms with Crippen LogP contribution in [0.1, 0.15) is 44.9 Å². The van der Waals surface area contributed by atoms with Crippen molar-refractivity contribution in [2.75, 3.05) is 19.8 Å². The van der Waals surface area contributed by atoms with Crippen molar-refractivity contribution in [3.05, 3.63) is 70.3 Å². The van der Waals surface area contributed by atoms with Gasteiger partial charge in [0.05, 0.1) is 35.5 Å². The lowest BCUT2D eigenvalue weighted by Gasteiger charge is -2.31. The molecule has 0 spiro atoms. The van der Waals surface area contributed by atoms with E-state index in [0.717, 1.165) is 59.7 Å². The number of fused-ring (bicyclic) bond motifs is 1. The maximum Gasteiger partial charge on any atom is 0.251 e. The fraction of sp³-hybridized carbons (Fsp3) is 0.444. The minimum Gasteiger partial charge on any atom is -0.493 e. The van der Waals surface area contributed by atoms with Gasteiger partial charge in [-0.1, -0.05) is 11.2 Å². The molecule has 2 atom stereocenters. The highest BCUT2D eigenvalue weighted by molar-refractivity contribution is 5.96. The summed E-state index contributed by atoms with van der Waals surface area (Å²) in [5.74, 6) is 1.22. The smallest absolute Gasteiger partial charge is 0.251 e. The number of pyridine rings is 2. The zero-order valence-corrected chi connectivity index (χ0v) is 20.0. The Balaban J connectivity index is 1.62. The molecule has 2 unspecified atom stereocenters. The standard InChI is InChI=1S/C27H31N3O4/c1-18-27(3,19(2)34-29-18)23-14-21-7-8-26(31)30(16-22-6-4-5-11-28-22)24(21)15-25(23)33-17-20-9-12-32-13-10-20/h4-8,11,14-15,19-20H,9-10,12-13,16-17H2,1-3H3. The number of ether oxygens (including phenoxy) is 2. The zero-order chi connectivity index (χ0) is 23.7. The Labute approximate surface area is 199 Å². The van der Waals surface area contributed by atoms with Gasteiger partial charge in [-0.2, -0.15) is 0 Å². The van der Waals surface area contributed by atoms with Crippen LogP contribution in [0.2, 0.25) is 0 Å². The van der Waals surface area contributed by atoms with Gasteiger partial charge in [-0.3, -0.25) is 9.78 Å². The summed E-state index contributed by atoms with van der Waals surface area (Å²) in [6.07, 6.45) is 3.60. The highest BCUT2D eigenvalue weighted by atomic mass is 16.6. The number of nitrogens with zero attached hydrogens (tertiary/aromatic N) is 3. The van der Waals surface area contributed by atoms with Crippen molar-refractivity contribution in [1.29, 1.82) is 0 Å². The van der Waals surface area contributed by atoms with Crippen LogP contribution in [-0.4, -0.2) is 41.2 Å². The Morgan fingerprint density at radius 3 is 2.71 bits per heavy atom. The molecule has 0 aliphatic carbocycles. The van der Waals surface area contributed by atoms with Gasteiger partial charge in [0, 0.05) is 37.1 Å². The molecule has 3 aromatic rings. The highest BCUT2D eigenvalue weighted by Crippen LogP contribution is 2.42. The topological polar surface area (TPSA) is 74.9 Å². The summed E-state index contributed by atoms with van der Waals surface area (Å²) in [6, 6.07) is 13.4. The molecule has 7 heteroatoms. The summed E-state index contributed by atoms with van der Waals surface area (Å²) in [5.41, 5.74) is 3.11. The molecule has 5 rings (SSSR count). The summed E-state index contributed by atoms with van der Waals surface area (Å²) in [6.45, 7) is 8.74. The third kappa shape index (κ3) is 4.09. The van der Waals surface area contributed by atoms with Crippen LogP contribution >= 0.6 is 0 Å². The molecule has 7 nitrogen and oxygen atoms in total. The van der Waals surface area contributed by atoms with Crippen molar-refractivity contribution in [1.82, 2.24) is 9.55 Å². The molecule has 0 bridgehead atoms. The van der Waals surface area contributed by atoms with Gasteiger partial charge in [-0.25, -0.2) is 0 Å². The summed E-state index contributed by atoms with van der Waals surface area (Å²) < 4.78 is 13.8. The summed E-state index contributed by atoms with van der Waals surface area (Å²) in [7, 11) is 0. The van der Waals surface area contributed by atoms with Gasteiger partial charge in [-0.15, -0.1) is 0 Å². The predicted molar refractivity (Wildman–Crippen MR) is 132 cm³/mol. The van der Waals surface area contributed by atoms with Crippen molar-refractivity contribution in [2.45, 2.75) is 51.7 Å². The molecular weight excluding hydrogens is 430 g/mol. The molecule has 0 N–H and O–H groups in total. The van der Waals surface area contributed by atoms with E-state index in [1.807, 2.05) is 44.2 Å². The number of benzene rings is 1. The minimum atomic E-state index is -0.429. The first-order valence-corrected chi connectivity index (χ1v) is 12.0. The Bertz CT molecular complexity index is 1260. The van der Waals surface area contributed by atoms with E-state index in [9.17, 15) is 4.79 Å². The lowest BCUT2D eigenvalue weighted by atomic mass is 9.74. The Hall–Kier alpha value is -3.19. The SMILES string of the molecule is CC1=NOC(C)C1(C)c1cc2ccc(=O)n(Cc3ccccn3)c2cc1OCC1CCOCC1. The van der Waals surface area contributed by atoms with Gasteiger partial charge in [0.2, 0.25) is 0 Å². The lowest BCUT2D eigenvalue weighted by Crippen LogP contribution is -2.38. The van der Waals surface area contributed by atoms with Crippen LogP contribution in [0.15, 0.2) is 58.6 Å². The quantitative estimate of drug-likeness (QED) is 0.547. The maximum atomic E-state index is 12.9. The molecule has 1 aromatic carbocycles. The van der Waals surface area contributed by atoms with Gasteiger partial charge in [-0.05, 0) is 69.2 Å². The van der Waals surface area contributed by atoms with E-state index in [0.29, 0.717) is 19.1 Å². The van der Waals surface area contributed by atoms with Crippen molar-refractivity contribution in [2.24, 2.45) is 11.1 Å². The van der Waals surface area contributed by atoms with Crippen LogP contribution < -0.4 is 10.3 Å². The van der Waals surface area contributed by atoms with Gasteiger partial charge in [0.1, 0.15) is 11.9 Å². The minimum absolute atomic E-state index is 0.0668. The van der Waals surface area contributed by atoms with Crippen LogP contribution in [0.4, 0.5) is 0 Å². The van der Waals surface area contributed by atoms with Gasteiger partial charge < -0.3 is 18.9 Å². The average Bonchev–Trinajstić information content (AvgIpc) is 3.13.